The molecule has 0 bridgehead atoms. The van der Waals surface area contributed by atoms with Gasteiger partial charge in [0, 0.05) is 0 Å². The summed E-state index contributed by atoms with van der Waals surface area (Å²) in [6.07, 6.45) is -1.90. The van der Waals surface area contributed by atoms with Crippen molar-refractivity contribution in [1.82, 2.24) is 0 Å². The molecular weight excluding hydrogens is 240 g/mol. The predicted octanol–water partition coefficient (Wildman–Crippen LogP) is 0.375. The number of fused-ring (bicyclic) bond motifs is 3. The Morgan fingerprint density at radius 3 is 2.06 bits per heavy atom. The van der Waals surface area contributed by atoms with Crippen LogP contribution in [-0.2, 0) is 23.7 Å². The first-order chi connectivity index (χ1) is 8.31. The highest BCUT2D eigenvalue weighted by molar-refractivity contribution is 4.99. The Hall–Kier alpha value is -0.240. The van der Waals surface area contributed by atoms with Gasteiger partial charge >= 0.3 is 0 Å². The molecule has 0 saturated carbocycles. The van der Waals surface area contributed by atoms with Crippen LogP contribution in [0, 0.1) is 0 Å². The fourth-order valence-electron chi connectivity index (χ4n) is 2.84. The minimum Gasteiger partial charge on any atom is -0.394 e. The van der Waals surface area contributed by atoms with Crippen molar-refractivity contribution in [2.75, 3.05) is 6.61 Å². The molecule has 6 nitrogen and oxygen atoms in total. The summed E-state index contributed by atoms with van der Waals surface area (Å²) < 4.78 is 28.9. The van der Waals surface area contributed by atoms with Crippen LogP contribution in [0.5, 0.6) is 0 Å². The van der Waals surface area contributed by atoms with Gasteiger partial charge < -0.3 is 28.8 Å². The van der Waals surface area contributed by atoms with Crippen LogP contribution in [0.4, 0.5) is 0 Å². The Balaban J connectivity index is 1.86. The van der Waals surface area contributed by atoms with Gasteiger partial charge in [0.1, 0.15) is 24.4 Å². The summed E-state index contributed by atoms with van der Waals surface area (Å²) in [5.74, 6) is -1.41. The Morgan fingerprint density at radius 1 is 0.833 bits per heavy atom. The quantitative estimate of drug-likeness (QED) is 0.735. The smallest absolute Gasteiger partial charge is 0.190 e. The molecule has 3 aliphatic rings. The monoisotopic (exact) mass is 260 g/mol. The van der Waals surface area contributed by atoms with Crippen molar-refractivity contribution in [2.45, 2.75) is 70.0 Å². The molecule has 3 aliphatic heterocycles. The van der Waals surface area contributed by atoms with Crippen LogP contribution >= 0.6 is 0 Å². The normalized spacial score (nSPS) is 48.8. The number of aliphatic hydroxyl groups excluding tert-OH is 1. The minimum atomic E-state index is -0.708. The lowest BCUT2D eigenvalue weighted by atomic mass is 9.99. The van der Waals surface area contributed by atoms with E-state index in [1.165, 1.54) is 0 Å². The molecule has 3 heterocycles. The second kappa shape index (κ2) is 3.88. The lowest BCUT2D eigenvalue weighted by Crippen LogP contribution is -2.56. The number of hydrogen-bond donors (Lipinski definition) is 1. The van der Waals surface area contributed by atoms with Gasteiger partial charge in [0.05, 0.1) is 6.61 Å². The second-order valence-corrected chi connectivity index (χ2v) is 5.89. The Labute approximate surface area is 106 Å². The van der Waals surface area contributed by atoms with Gasteiger partial charge in [-0.25, -0.2) is 0 Å². The van der Waals surface area contributed by atoms with Crippen LogP contribution in [-0.4, -0.2) is 54.0 Å². The molecule has 0 unspecified atom stereocenters. The standard InChI is InChI=1S/C12H20O6/c1-11(2)15-7-6(5-13)14-10-9(8(7)16-11)17-12(3,4)18-10/h6-10,13H,5H2,1-4H3/t6-,7-,8-,9-,10+/m0/s1. The maximum absolute atomic E-state index is 9.40. The lowest BCUT2D eigenvalue weighted by molar-refractivity contribution is -0.240. The molecule has 0 aromatic carbocycles. The number of rotatable bonds is 1. The van der Waals surface area contributed by atoms with Crippen LogP contribution < -0.4 is 0 Å². The van der Waals surface area contributed by atoms with E-state index in [9.17, 15) is 5.11 Å². The fourth-order valence-corrected chi connectivity index (χ4v) is 2.84. The van der Waals surface area contributed by atoms with E-state index in [0.29, 0.717) is 0 Å². The summed E-state index contributed by atoms with van der Waals surface area (Å²) in [5.41, 5.74) is 0. The van der Waals surface area contributed by atoms with Crippen molar-refractivity contribution in [3.8, 4) is 0 Å². The van der Waals surface area contributed by atoms with Gasteiger partial charge in [-0.2, -0.15) is 0 Å². The van der Waals surface area contributed by atoms with E-state index in [1.807, 2.05) is 27.7 Å². The molecular formula is C12H20O6. The summed E-state index contributed by atoms with van der Waals surface area (Å²) in [5, 5.41) is 9.40. The van der Waals surface area contributed by atoms with E-state index >= 15 is 0 Å². The van der Waals surface area contributed by atoms with Crippen molar-refractivity contribution in [2.24, 2.45) is 0 Å². The average Bonchev–Trinajstić information content (AvgIpc) is 2.71. The van der Waals surface area contributed by atoms with E-state index in [1.54, 1.807) is 0 Å². The zero-order valence-corrected chi connectivity index (χ0v) is 11.1. The fraction of sp³-hybridized carbons (Fsp3) is 1.00. The van der Waals surface area contributed by atoms with Crippen LogP contribution in [0.1, 0.15) is 27.7 Å². The predicted molar refractivity (Wildman–Crippen MR) is 59.6 cm³/mol. The Morgan fingerprint density at radius 2 is 1.39 bits per heavy atom. The van der Waals surface area contributed by atoms with Crippen molar-refractivity contribution < 1.29 is 28.8 Å². The van der Waals surface area contributed by atoms with Gasteiger partial charge in [0.2, 0.25) is 0 Å². The SMILES string of the molecule is CC1(C)O[C@H]2O[C@@H](CO)[C@@H]3OC(C)(C)O[C@@H]3[C@@H]2O1. The Kier molecular flexibility index (Phi) is 2.75. The highest BCUT2D eigenvalue weighted by atomic mass is 16.9. The van der Waals surface area contributed by atoms with Gasteiger partial charge in [-0.3, -0.25) is 0 Å². The first-order valence-electron chi connectivity index (χ1n) is 6.29. The van der Waals surface area contributed by atoms with Crippen LogP contribution in [0.2, 0.25) is 0 Å². The third kappa shape index (κ3) is 1.97. The largest absolute Gasteiger partial charge is 0.394 e. The first-order valence-corrected chi connectivity index (χ1v) is 6.29. The third-order valence-electron chi connectivity index (χ3n) is 3.43. The van der Waals surface area contributed by atoms with E-state index in [4.69, 9.17) is 23.7 Å². The summed E-state index contributed by atoms with van der Waals surface area (Å²) in [7, 11) is 0. The van der Waals surface area contributed by atoms with Crippen LogP contribution in [0.25, 0.3) is 0 Å². The Bertz CT molecular complexity index is 341. The number of hydrogen-bond acceptors (Lipinski definition) is 6. The first kappa shape index (κ1) is 12.8. The maximum atomic E-state index is 9.40. The second-order valence-electron chi connectivity index (χ2n) is 5.89. The molecule has 3 saturated heterocycles. The van der Waals surface area contributed by atoms with E-state index in [-0.39, 0.29) is 24.9 Å². The van der Waals surface area contributed by atoms with Gasteiger partial charge in [0.25, 0.3) is 0 Å². The number of ether oxygens (including phenoxy) is 5. The lowest BCUT2D eigenvalue weighted by Gasteiger charge is -2.36. The minimum absolute atomic E-state index is 0.131. The zero-order chi connectivity index (χ0) is 13.1. The summed E-state index contributed by atoms with van der Waals surface area (Å²) in [6.45, 7) is 7.22. The van der Waals surface area contributed by atoms with E-state index < -0.39 is 24.0 Å². The van der Waals surface area contributed by atoms with Crippen LogP contribution in [0.15, 0.2) is 0 Å². The molecule has 0 spiro atoms. The molecule has 0 aromatic heterocycles. The van der Waals surface area contributed by atoms with E-state index in [2.05, 4.69) is 0 Å². The molecule has 0 radical (unpaired) electrons. The van der Waals surface area contributed by atoms with Gasteiger partial charge in [-0.05, 0) is 27.7 Å². The zero-order valence-electron chi connectivity index (χ0n) is 11.1. The van der Waals surface area contributed by atoms with Gasteiger partial charge in [0.15, 0.2) is 17.9 Å². The average molecular weight is 260 g/mol. The number of aliphatic hydroxyl groups is 1. The van der Waals surface area contributed by atoms with Gasteiger partial charge in [-0.1, -0.05) is 0 Å². The topological polar surface area (TPSA) is 66.4 Å². The molecule has 0 aromatic rings. The third-order valence-corrected chi connectivity index (χ3v) is 3.43. The van der Waals surface area contributed by atoms with Crippen LogP contribution in [0.3, 0.4) is 0 Å². The summed E-state index contributed by atoms with van der Waals surface area (Å²) >= 11 is 0. The maximum Gasteiger partial charge on any atom is 0.190 e. The summed E-state index contributed by atoms with van der Waals surface area (Å²) in [4.78, 5) is 0. The summed E-state index contributed by atoms with van der Waals surface area (Å²) in [6, 6.07) is 0. The van der Waals surface area contributed by atoms with Crippen molar-refractivity contribution in [3.63, 3.8) is 0 Å². The molecule has 3 fully saturated rings. The molecule has 0 aliphatic carbocycles. The van der Waals surface area contributed by atoms with E-state index in [0.717, 1.165) is 0 Å². The molecule has 5 atom stereocenters. The van der Waals surface area contributed by atoms with Crippen molar-refractivity contribution in [3.05, 3.63) is 0 Å². The van der Waals surface area contributed by atoms with Crippen molar-refractivity contribution >= 4 is 0 Å². The highest BCUT2D eigenvalue weighted by Gasteiger charge is 2.60. The molecule has 3 rings (SSSR count). The molecule has 1 N–H and O–H groups in total. The highest BCUT2D eigenvalue weighted by Crippen LogP contribution is 2.43. The van der Waals surface area contributed by atoms with Gasteiger partial charge in [-0.15, -0.1) is 0 Å². The molecule has 6 heteroatoms. The molecule has 104 valence electrons. The molecule has 0 amide bonds. The van der Waals surface area contributed by atoms with Crippen molar-refractivity contribution in [1.29, 1.82) is 0 Å². The molecule has 18 heavy (non-hydrogen) atoms.